The maximum Gasteiger partial charge on any atom is 0.251 e. The number of carbonyl (C=O) groups excluding carboxylic acids is 1. The zero-order valence-electron chi connectivity index (χ0n) is 10.9. The Hall–Kier alpha value is -1.41. The number of rotatable bonds is 3. The van der Waals surface area contributed by atoms with Gasteiger partial charge in [0.25, 0.3) is 5.91 Å². The second-order valence-corrected chi connectivity index (χ2v) is 9.12. The van der Waals surface area contributed by atoms with Crippen LogP contribution in [-0.2, 0) is 19.7 Å². The lowest BCUT2D eigenvalue weighted by atomic mass is 10.2. The molecule has 110 valence electrons. The minimum absolute atomic E-state index is 0.0594. The van der Waals surface area contributed by atoms with Crippen LogP contribution in [0.5, 0.6) is 0 Å². The van der Waals surface area contributed by atoms with E-state index in [9.17, 15) is 21.6 Å². The molecule has 0 bridgehead atoms. The molecule has 2 rings (SSSR count). The van der Waals surface area contributed by atoms with E-state index < -0.39 is 31.6 Å². The summed E-state index contributed by atoms with van der Waals surface area (Å²) < 4.78 is 45.5. The minimum atomic E-state index is -3.38. The van der Waals surface area contributed by atoms with Crippen LogP contribution in [0.2, 0.25) is 0 Å². The van der Waals surface area contributed by atoms with Crippen LogP contribution < -0.4 is 5.32 Å². The molecule has 6 nitrogen and oxygen atoms in total. The molecule has 1 N–H and O–H groups in total. The fraction of sp³-hybridized carbons (Fsp3) is 0.417. The largest absolute Gasteiger partial charge is 0.348 e. The summed E-state index contributed by atoms with van der Waals surface area (Å²) in [6.07, 6.45) is 1.45. The van der Waals surface area contributed by atoms with Gasteiger partial charge in [0.1, 0.15) is 0 Å². The third-order valence-corrected chi connectivity index (χ3v) is 5.97. The minimum Gasteiger partial charge on any atom is -0.348 e. The fourth-order valence-corrected chi connectivity index (χ4v) is 4.39. The Labute approximate surface area is 118 Å². The predicted molar refractivity (Wildman–Crippen MR) is 74.1 cm³/mol. The molecule has 0 unspecified atom stereocenters. The summed E-state index contributed by atoms with van der Waals surface area (Å²) in [4.78, 5) is 12.0. The molecule has 1 amide bonds. The van der Waals surface area contributed by atoms with Gasteiger partial charge in [-0.3, -0.25) is 4.79 Å². The van der Waals surface area contributed by atoms with Crippen molar-refractivity contribution in [2.45, 2.75) is 17.4 Å². The molecule has 0 saturated carbocycles. The van der Waals surface area contributed by atoms with Gasteiger partial charge in [0.15, 0.2) is 19.7 Å². The van der Waals surface area contributed by atoms with Crippen LogP contribution in [0.4, 0.5) is 0 Å². The highest BCUT2D eigenvalue weighted by molar-refractivity contribution is 7.91. The van der Waals surface area contributed by atoms with Crippen molar-refractivity contribution in [2.75, 3.05) is 17.8 Å². The smallest absolute Gasteiger partial charge is 0.251 e. The summed E-state index contributed by atoms with van der Waals surface area (Å²) in [7, 11) is -6.45. The number of hydrogen-bond donors (Lipinski definition) is 1. The SMILES string of the molecule is CS(=O)(=O)c1cccc(C(=O)N[C@@H]2CCS(=O)(=O)C2)c1. The average molecular weight is 317 g/mol. The van der Waals surface area contributed by atoms with Gasteiger partial charge in [0.05, 0.1) is 16.4 Å². The molecule has 0 radical (unpaired) electrons. The van der Waals surface area contributed by atoms with E-state index in [1.165, 1.54) is 24.3 Å². The van der Waals surface area contributed by atoms with E-state index in [0.717, 1.165) is 6.26 Å². The molecule has 1 atom stereocenters. The third kappa shape index (κ3) is 3.57. The first-order chi connectivity index (χ1) is 9.17. The number of hydrogen-bond acceptors (Lipinski definition) is 5. The molecule has 0 aliphatic carbocycles. The van der Waals surface area contributed by atoms with E-state index >= 15 is 0 Å². The maximum absolute atomic E-state index is 12.0. The van der Waals surface area contributed by atoms with Crippen LogP contribution in [0, 0.1) is 0 Å². The molecule has 1 fully saturated rings. The van der Waals surface area contributed by atoms with Crippen molar-refractivity contribution in [3.8, 4) is 0 Å². The summed E-state index contributed by atoms with van der Waals surface area (Å²) in [6, 6.07) is 5.26. The van der Waals surface area contributed by atoms with Crippen molar-refractivity contribution < 1.29 is 21.6 Å². The van der Waals surface area contributed by atoms with Gasteiger partial charge in [-0.1, -0.05) is 6.07 Å². The summed E-state index contributed by atoms with van der Waals surface area (Å²) in [5.74, 6) is -0.455. The average Bonchev–Trinajstić information content (AvgIpc) is 2.68. The molecule has 1 aliphatic heterocycles. The van der Waals surface area contributed by atoms with Crippen molar-refractivity contribution >= 4 is 25.6 Å². The highest BCUT2D eigenvalue weighted by atomic mass is 32.2. The molecule has 8 heteroatoms. The van der Waals surface area contributed by atoms with Gasteiger partial charge in [0, 0.05) is 17.9 Å². The zero-order valence-corrected chi connectivity index (χ0v) is 12.5. The van der Waals surface area contributed by atoms with Crippen molar-refractivity contribution in [3.05, 3.63) is 29.8 Å². The van der Waals surface area contributed by atoms with Crippen LogP contribution >= 0.6 is 0 Å². The quantitative estimate of drug-likeness (QED) is 0.847. The zero-order chi connectivity index (χ0) is 15.0. The monoisotopic (exact) mass is 317 g/mol. The Balaban J connectivity index is 2.15. The van der Waals surface area contributed by atoms with Crippen LogP contribution in [0.3, 0.4) is 0 Å². The van der Waals surface area contributed by atoms with Gasteiger partial charge >= 0.3 is 0 Å². The molecule has 1 aromatic carbocycles. The van der Waals surface area contributed by atoms with E-state index in [2.05, 4.69) is 5.32 Å². The lowest BCUT2D eigenvalue weighted by molar-refractivity contribution is 0.0941. The molecular weight excluding hydrogens is 302 g/mol. The number of carbonyl (C=O) groups is 1. The molecule has 0 aromatic heterocycles. The van der Waals surface area contributed by atoms with Crippen LogP contribution in [0.1, 0.15) is 16.8 Å². The van der Waals surface area contributed by atoms with Crippen molar-refractivity contribution in [1.82, 2.24) is 5.32 Å². The van der Waals surface area contributed by atoms with Crippen molar-refractivity contribution in [2.24, 2.45) is 0 Å². The van der Waals surface area contributed by atoms with E-state index in [1.807, 2.05) is 0 Å². The Morgan fingerprint density at radius 1 is 1.35 bits per heavy atom. The third-order valence-electron chi connectivity index (χ3n) is 3.09. The van der Waals surface area contributed by atoms with Gasteiger partial charge in [-0.05, 0) is 24.6 Å². The van der Waals surface area contributed by atoms with E-state index in [-0.39, 0.29) is 22.0 Å². The lowest BCUT2D eigenvalue weighted by Crippen LogP contribution is -2.35. The van der Waals surface area contributed by atoms with E-state index in [1.54, 1.807) is 0 Å². The Morgan fingerprint density at radius 3 is 2.60 bits per heavy atom. The number of nitrogens with one attached hydrogen (secondary N) is 1. The number of sulfone groups is 2. The predicted octanol–water partition coefficient (Wildman–Crippen LogP) is 0.00700. The normalized spacial score (nSPS) is 21.6. The van der Waals surface area contributed by atoms with E-state index in [4.69, 9.17) is 0 Å². The van der Waals surface area contributed by atoms with Crippen molar-refractivity contribution in [1.29, 1.82) is 0 Å². The standard InChI is InChI=1S/C12H15NO5S2/c1-19(15,16)11-4-2-3-9(7-11)12(14)13-10-5-6-20(17,18)8-10/h2-4,7,10H,5-6,8H2,1H3,(H,13,14)/t10-/m1/s1. The molecular formula is C12H15NO5S2. The number of benzene rings is 1. The van der Waals surface area contributed by atoms with Crippen LogP contribution in [-0.4, -0.2) is 46.5 Å². The van der Waals surface area contributed by atoms with Gasteiger partial charge < -0.3 is 5.32 Å². The van der Waals surface area contributed by atoms with Gasteiger partial charge in [-0.15, -0.1) is 0 Å². The first-order valence-electron chi connectivity index (χ1n) is 5.99. The second kappa shape index (κ2) is 5.17. The first-order valence-corrected chi connectivity index (χ1v) is 9.70. The van der Waals surface area contributed by atoms with E-state index in [0.29, 0.717) is 6.42 Å². The Bertz CT molecular complexity index is 737. The lowest BCUT2D eigenvalue weighted by Gasteiger charge is -2.11. The molecule has 1 aliphatic rings. The summed E-state index contributed by atoms with van der Waals surface area (Å²) in [5.41, 5.74) is 0.206. The first kappa shape index (κ1) is 15.0. The molecule has 1 heterocycles. The molecule has 1 saturated heterocycles. The van der Waals surface area contributed by atoms with Gasteiger partial charge in [-0.2, -0.15) is 0 Å². The summed E-state index contributed by atoms with van der Waals surface area (Å²) >= 11 is 0. The number of amides is 1. The van der Waals surface area contributed by atoms with Crippen molar-refractivity contribution in [3.63, 3.8) is 0 Å². The molecule has 0 spiro atoms. The topological polar surface area (TPSA) is 97.4 Å². The fourth-order valence-electron chi connectivity index (χ4n) is 2.05. The Morgan fingerprint density at radius 2 is 2.05 bits per heavy atom. The molecule has 1 aromatic rings. The summed E-state index contributed by atoms with van der Waals surface area (Å²) in [5, 5.41) is 2.62. The maximum atomic E-state index is 12.0. The second-order valence-electron chi connectivity index (χ2n) is 4.87. The molecule has 20 heavy (non-hydrogen) atoms. The highest BCUT2D eigenvalue weighted by Gasteiger charge is 2.29. The van der Waals surface area contributed by atoms with Crippen LogP contribution in [0.25, 0.3) is 0 Å². The Kier molecular flexibility index (Phi) is 3.88. The van der Waals surface area contributed by atoms with Gasteiger partial charge in [-0.25, -0.2) is 16.8 Å². The van der Waals surface area contributed by atoms with Gasteiger partial charge in [0.2, 0.25) is 0 Å². The highest BCUT2D eigenvalue weighted by Crippen LogP contribution is 2.14. The van der Waals surface area contributed by atoms with Crippen LogP contribution in [0.15, 0.2) is 29.2 Å². The summed E-state index contributed by atoms with van der Waals surface area (Å²) in [6.45, 7) is 0.